The van der Waals surface area contributed by atoms with Crippen LogP contribution >= 0.6 is 11.3 Å². The first kappa shape index (κ1) is 8.85. The first-order valence-corrected chi connectivity index (χ1v) is 4.79. The average molecular weight is 204 g/mol. The van der Waals surface area contributed by atoms with E-state index >= 15 is 0 Å². The Balaban J connectivity index is 2.45. The monoisotopic (exact) mass is 204 g/mol. The van der Waals surface area contributed by atoms with Crippen molar-refractivity contribution in [3.05, 3.63) is 41.2 Å². The second-order valence-electron chi connectivity index (χ2n) is 2.66. The molecule has 14 heavy (non-hydrogen) atoms. The minimum absolute atomic E-state index is 0.295. The minimum atomic E-state index is -0.295. The second kappa shape index (κ2) is 3.56. The van der Waals surface area contributed by atoms with Gasteiger partial charge in [0, 0.05) is 10.9 Å². The van der Waals surface area contributed by atoms with Crippen molar-refractivity contribution in [3.8, 4) is 16.6 Å². The fourth-order valence-electron chi connectivity index (χ4n) is 1.08. The van der Waals surface area contributed by atoms with Crippen LogP contribution in [0.25, 0.3) is 10.6 Å². The lowest BCUT2D eigenvalue weighted by atomic mass is 10.2. The van der Waals surface area contributed by atoms with E-state index in [2.05, 4.69) is 4.98 Å². The van der Waals surface area contributed by atoms with Crippen molar-refractivity contribution in [2.45, 2.75) is 0 Å². The summed E-state index contributed by atoms with van der Waals surface area (Å²) in [5, 5.41) is 10.9. The Morgan fingerprint density at radius 2 is 2.29 bits per heavy atom. The first-order valence-electron chi connectivity index (χ1n) is 3.91. The number of benzene rings is 1. The minimum Gasteiger partial charge on any atom is -0.225 e. The van der Waals surface area contributed by atoms with E-state index in [-0.39, 0.29) is 5.82 Å². The van der Waals surface area contributed by atoms with Gasteiger partial charge in [0.1, 0.15) is 16.9 Å². The maximum Gasteiger partial charge on any atom is 0.152 e. The van der Waals surface area contributed by atoms with E-state index in [1.165, 1.54) is 23.5 Å². The highest BCUT2D eigenvalue weighted by atomic mass is 32.1. The molecule has 68 valence electrons. The molecule has 4 heteroatoms. The van der Waals surface area contributed by atoms with E-state index in [4.69, 9.17) is 5.26 Å². The Morgan fingerprint density at radius 3 is 2.93 bits per heavy atom. The Labute approximate surface area is 84.3 Å². The molecule has 2 nitrogen and oxygen atoms in total. The van der Waals surface area contributed by atoms with Crippen LogP contribution in [0.2, 0.25) is 0 Å². The summed E-state index contributed by atoms with van der Waals surface area (Å²) in [4.78, 5) is 4.03. The quantitative estimate of drug-likeness (QED) is 0.716. The molecule has 0 aliphatic carbocycles. The van der Waals surface area contributed by atoms with Gasteiger partial charge in [0.15, 0.2) is 5.69 Å². The molecule has 0 spiro atoms. The van der Waals surface area contributed by atoms with E-state index in [0.29, 0.717) is 16.3 Å². The van der Waals surface area contributed by atoms with Gasteiger partial charge >= 0.3 is 0 Å². The van der Waals surface area contributed by atoms with Crippen molar-refractivity contribution in [3.63, 3.8) is 0 Å². The maximum absolute atomic E-state index is 12.9. The van der Waals surface area contributed by atoms with Gasteiger partial charge in [0.2, 0.25) is 0 Å². The van der Waals surface area contributed by atoms with Gasteiger partial charge in [-0.3, -0.25) is 0 Å². The van der Waals surface area contributed by atoms with Crippen LogP contribution in [-0.2, 0) is 0 Å². The summed E-state index contributed by atoms with van der Waals surface area (Å²) < 4.78 is 12.9. The smallest absolute Gasteiger partial charge is 0.152 e. The van der Waals surface area contributed by atoms with Crippen molar-refractivity contribution < 1.29 is 4.39 Å². The van der Waals surface area contributed by atoms with Gasteiger partial charge in [-0.25, -0.2) is 9.37 Å². The molecule has 0 amide bonds. The van der Waals surface area contributed by atoms with Gasteiger partial charge < -0.3 is 0 Å². The molecule has 1 heterocycles. The molecular weight excluding hydrogens is 199 g/mol. The predicted molar refractivity (Wildman–Crippen MR) is 52.2 cm³/mol. The summed E-state index contributed by atoms with van der Waals surface area (Å²) in [5.74, 6) is -0.295. The molecule has 2 rings (SSSR count). The van der Waals surface area contributed by atoms with Crippen molar-refractivity contribution in [2.24, 2.45) is 0 Å². The number of hydrogen-bond donors (Lipinski definition) is 0. The van der Waals surface area contributed by atoms with Gasteiger partial charge in [-0.15, -0.1) is 11.3 Å². The van der Waals surface area contributed by atoms with E-state index in [0.717, 1.165) is 0 Å². The average Bonchev–Trinajstić information content (AvgIpc) is 2.66. The van der Waals surface area contributed by atoms with Gasteiger partial charge in [0.05, 0.1) is 0 Å². The van der Waals surface area contributed by atoms with Crippen LogP contribution in [0.15, 0.2) is 29.6 Å². The first-order chi connectivity index (χ1) is 6.79. The van der Waals surface area contributed by atoms with Gasteiger partial charge in [0.25, 0.3) is 0 Å². The van der Waals surface area contributed by atoms with Gasteiger partial charge in [-0.05, 0) is 12.1 Å². The summed E-state index contributed by atoms with van der Waals surface area (Å²) >= 11 is 1.34. The Morgan fingerprint density at radius 1 is 1.43 bits per heavy atom. The van der Waals surface area contributed by atoms with E-state index in [1.807, 2.05) is 6.07 Å². The third-order valence-corrected chi connectivity index (χ3v) is 2.58. The molecule has 2 aromatic rings. The molecule has 1 aromatic heterocycles. The molecule has 0 saturated carbocycles. The summed E-state index contributed by atoms with van der Waals surface area (Å²) in [5.41, 5.74) is 1.07. The fourth-order valence-corrected chi connectivity index (χ4v) is 1.82. The number of halogens is 1. The van der Waals surface area contributed by atoms with Crippen LogP contribution < -0.4 is 0 Å². The van der Waals surface area contributed by atoms with Crippen LogP contribution in [0, 0.1) is 17.1 Å². The Kier molecular flexibility index (Phi) is 2.25. The van der Waals surface area contributed by atoms with Gasteiger partial charge in [-0.2, -0.15) is 5.26 Å². The lowest BCUT2D eigenvalue weighted by molar-refractivity contribution is 0.628. The lowest BCUT2D eigenvalue weighted by Crippen LogP contribution is -1.79. The highest BCUT2D eigenvalue weighted by Crippen LogP contribution is 2.23. The fraction of sp³-hybridized carbons (Fsp3) is 0. The molecule has 0 unspecified atom stereocenters. The number of nitrogens with zero attached hydrogens (tertiary/aromatic N) is 2. The van der Waals surface area contributed by atoms with Crippen molar-refractivity contribution in [1.29, 1.82) is 5.26 Å². The largest absolute Gasteiger partial charge is 0.225 e. The number of aromatic nitrogens is 1. The van der Waals surface area contributed by atoms with E-state index in [9.17, 15) is 4.39 Å². The van der Waals surface area contributed by atoms with E-state index < -0.39 is 0 Å². The van der Waals surface area contributed by atoms with Crippen LogP contribution in [0.5, 0.6) is 0 Å². The summed E-state index contributed by atoms with van der Waals surface area (Å²) in [6, 6.07) is 8.11. The highest BCUT2D eigenvalue weighted by Gasteiger charge is 2.04. The van der Waals surface area contributed by atoms with Crippen molar-refractivity contribution in [2.75, 3.05) is 0 Å². The highest BCUT2D eigenvalue weighted by molar-refractivity contribution is 7.13. The molecule has 1 aromatic carbocycles. The summed E-state index contributed by atoms with van der Waals surface area (Å²) in [6.45, 7) is 0. The third kappa shape index (κ3) is 1.63. The molecule has 0 fully saturated rings. The standard InChI is InChI=1S/C10H5FN2S/c11-8-3-1-2-7(4-8)10-13-9(5-12)6-14-10/h1-4,6H. The zero-order valence-electron chi connectivity index (χ0n) is 7.07. The van der Waals surface area contributed by atoms with Crippen LogP contribution in [-0.4, -0.2) is 4.98 Å². The molecule has 0 radical (unpaired) electrons. The Bertz CT molecular complexity index is 499. The molecule has 0 atom stereocenters. The number of hydrogen-bond acceptors (Lipinski definition) is 3. The third-order valence-electron chi connectivity index (χ3n) is 1.69. The lowest BCUT2D eigenvalue weighted by Gasteiger charge is -1.94. The van der Waals surface area contributed by atoms with Crippen LogP contribution in [0.4, 0.5) is 4.39 Å². The molecule has 0 saturated heterocycles. The molecule has 0 bridgehead atoms. The molecular formula is C10H5FN2S. The van der Waals surface area contributed by atoms with Crippen LogP contribution in [0.3, 0.4) is 0 Å². The molecule has 0 aliphatic heterocycles. The number of nitriles is 1. The SMILES string of the molecule is N#Cc1csc(-c2cccc(F)c2)n1. The van der Waals surface area contributed by atoms with Crippen molar-refractivity contribution in [1.82, 2.24) is 4.98 Å². The number of rotatable bonds is 1. The van der Waals surface area contributed by atoms with Crippen molar-refractivity contribution >= 4 is 11.3 Å². The normalized spacial score (nSPS) is 9.71. The van der Waals surface area contributed by atoms with Gasteiger partial charge in [-0.1, -0.05) is 12.1 Å². The van der Waals surface area contributed by atoms with E-state index in [1.54, 1.807) is 17.5 Å². The second-order valence-corrected chi connectivity index (χ2v) is 3.52. The predicted octanol–water partition coefficient (Wildman–Crippen LogP) is 2.82. The number of thiazole rings is 1. The molecule has 0 aliphatic rings. The maximum atomic E-state index is 12.9. The Hall–Kier alpha value is -1.73. The zero-order valence-corrected chi connectivity index (χ0v) is 7.88. The topological polar surface area (TPSA) is 36.7 Å². The summed E-state index contributed by atoms with van der Waals surface area (Å²) in [6.07, 6.45) is 0. The molecule has 0 N–H and O–H groups in total. The summed E-state index contributed by atoms with van der Waals surface area (Å²) in [7, 11) is 0. The van der Waals surface area contributed by atoms with Crippen LogP contribution in [0.1, 0.15) is 5.69 Å². The zero-order chi connectivity index (χ0) is 9.97.